The summed E-state index contributed by atoms with van der Waals surface area (Å²) >= 11 is 1.96. The van der Waals surface area contributed by atoms with Gasteiger partial charge in [0.05, 0.1) is 0 Å². The van der Waals surface area contributed by atoms with Gasteiger partial charge in [0.2, 0.25) is 0 Å². The lowest BCUT2D eigenvalue weighted by molar-refractivity contribution is 0.0967. The Balaban J connectivity index is 1.59. The summed E-state index contributed by atoms with van der Waals surface area (Å²) in [7, 11) is 0. The molecule has 0 unspecified atom stereocenters. The molecule has 1 fully saturated rings. The molecular formula is C19H21NOS. The van der Waals surface area contributed by atoms with E-state index in [-0.39, 0.29) is 5.78 Å². The summed E-state index contributed by atoms with van der Waals surface area (Å²) in [6.45, 7) is 2.01. The Morgan fingerprint density at radius 1 is 1.00 bits per heavy atom. The lowest BCUT2D eigenvalue weighted by Gasteiger charge is -2.25. The van der Waals surface area contributed by atoms with Crippen LogP contribution in [0.25, 0.3) is 11.1 Å². The number of ketones is 1. The van der Waals surface area contributed by atoms with Gasteiger partial charge in [0, 0.05) is 24.4 Å². The van der Waals surface area contributed by atoms with Gasteiger partial charge in [0.15, 0.2) is 5.78 Å². The van der Waals surface area contributed by atoms with Crippen molar-refractivity contribution in [1.82, 2.24) is 4.90 Å². The number of carbonyl (C=O) groups excluding carboxylic acids is 1. The van der Waals surface area contributed by atoms with Gasteiger partial charge in [0.25, 0.3) is 0 Å². The molecule has 114 valence electrons. The van der Waals surface area contributed by atoms with Gasteiger partial charge in [-0.1, -0.05) is 54.6 Å². The predicted octanol–water partition coefficient (Wildman–Crippen LogP) is 4.32. The maximum absolute atomic E-state index is 12.3. The van der Waals surface area contributed by atoms with Crippen LogP contribution in [-0.4, -0.2) is 35.4 Å². The van der Waals surface area contributed by atoms with Crippen molar-refractivity contribution >= 4 is 17.5 Å². The Hall–Kier alpha value is -1.58. The third-order valence-electron chi connectivity index (χ3n) is 4.01. The minimum Gasteiger partial charge on any atom is -0.294 e. The molecule has 1 heterocycles. The Morgan fingerprint density at radius 2 is 1.73 bits per heavy atom. The Labute approximate surface area is 136 Å². The van der Waals surface area contributed by atoms with Gasteiger partial charge in [-0.3, -0.25) is 9.69 Å². The second-order valence-electron chi connectivity index (χ2n) is 5.63. The van der Waals surface area contributed by atoms with Crippen LogP contribution in [-0.2, 0) is 0 Å². The zero-order valence-electron chi connectivity index (χ0n) is 12.7. The molecule has 0 N–H and O–H groups in total. The highest BCUT2D eigenvalue weighted by Gasteiger charge is 2.13. The number of hydrogen-bond donors (Lipinski definition) is 0. The molecule has 3 heteroatoms. The number of hydrogen-bond acceptors (Lipinski definition) is 3. The van der Waals surface area contributed by atoms with E-state index >= 15 is 0 Å². The first-order chi connectivity index (χ1) is 10.8. The highest BCUT2D eigenvalue weighted by molar-refractivity contribution is 7.99. The lowest BCUT2D eigenvalue weighted by Crippen LogP contribution is -2.30. The van der Waals surface area contributed by atoms with Crippen molar-refractivity contribution in [3.8, 4) is 11.1 Å². The van der Waals surface area contributed by atoms with Crippen molar-refractivity contribution in [3.05, 3.63) is 60.2 Å². The fourth-order valence-electron chi connectivity index (χ4n) is 2.71. The molecule has 3 rings (SSSR count). The molecule has 1 saturated heterocycles. The fraction of sp³-hybridized carbons (Fsp3) is 0.316. The number of carbonyl (C=O) groups is 1. The Kier molecular flexibility index (Phi) is 5.30. The second-order valence-corrected chi connectivity index (χ2v) is 6.70. The quantitative estimate of drug-likeness (QED) is 0.767. The number of benzene rings is 2. The van der Waals surface area contributed by atoms with Crippen LogP contribution in [0.4, 0.5) is 0 Å². The van der Waals surface area contributed by atoms with Crippen molar-refractivity contribution in [2.24, 2.45) is 0 Å². The van der Waals surface area contributed by atoms with Crippen LogP contribution in [0.2, 0.25) is 0 Å². The molecule has 0 saturated carbocycles. The minimum absolute atomic E-state index is 0.246. The van der Waals surface area contributed by atoms with Crippen molar-refractivity contribution in [1.29, 1.82) is 0 Å². The minimum atomic E-state index is 0.246. The maximum Gasteiger partial charge on any atom is 0.164 e. The average molecular weight is 311 g/mol. The summed E-state index contributed by atoms with van der Waals surface area (Å²) in [6.07, 6.45) is 1.86. The van der Waals surface area contributed by atoms with Gasteiger partial charge in [-0.25, -0.2) is 0 Å². The number of nitrogens with zero attached hydrogens (tertiary/aromatic N) is 1. The van der Waals surface area contributed by atoms with Crippen LogP contribution in [0.1, 0.15) is 23.2 Å². The summed E-state index contributed by atoms with van der Waals surface area (Å²) in [6, 6.07) is 18.2. The molecule has 1 aliphatic rings. The number of thioether (sulfide) groups is 1. The van der Waals surface area contributed by atoms with E-state index in [9.17, 15) is 4.79 Å². The van der Waals surface area contributed by atoms with Crippen molar-refractivity contribution in [3.63, 3.8) is 0 Å². The smallest absolute Gasteiger partial charge is 0.164 e. The standard InChI is InChI=1S/C19H21NOS/c21-19(11-13-20-12-4-14-22-15-20)18-9-7-17(8-10-18)16-5-2-1-3-6-16/h1-3,5-10H,4,11-15H2. The monoisotopic (exact) mass is 311 g/mol. The molecule has 0 amide bonds. The molecular weight excluding hydrogens is 290 g/mol. The summed E-state index contributed by atoms with van der Waals surface area (Å²) in [4.78, 5) is 14.7. The topological polar surface area (TPSA) is 20.3 Å². The van der Waals surface area contributed by atoms with Gasteiger partial charge in [-0.05, 0) is 29.8 Å². The first-order valence-corrected chi connectivity index (χ1v) is 8.97. The van der Waals surface area contributed by atoms with E-state index < -0.39 is 0 Å². The lowest BCUT2D eigenvalue weighted by atomic mass is 10.0. The van der Waals surface area contributed by atoms with Gasteiger partial charge < -0.3 is 0 Å². The normalized spacial score (nSPS) is 15.6. The molecule has 2 aromatic rings. The molecule has 2 nitrogen and oxygen atoms in total. The van der Waals surface area contributed by atoms with Crippen molar-refractivity contribution < 1.29 is 4.79 Å². The molecule has 0 spiro atoms. The zero-order valence-corrected chi connectivity index (χ0v) is 13.5. The molecule has 2 aromatic carbocycles. The van der Waals surface area contributed by atoms with Crippen LogP contribution < -0.4 is 0 Å². The molecule has 1 aliphatic heterocycles. The predicted molar refractivity (Wildman–Crippen MR) is 94.3 cm³/mol. The van der Waals surface area contributed by atoms with Crippen LogP contribution in [0.15, 0.2) is 54.6 Å². The van der Waals surface area contributed by atoms with Crippen LogP contribution >= 0.6 is 11.8 Å². The van der Waals surface area contributed by atoms with E-state index in [1.165, 1.54) is 17.7 Å². The summed E-state index contributed by atoms with van der Waals surface area (Å²) in [5.41, 5.74) is 3.17. The van der Waals surface area contributed by atoms with Crippen LogP contribution in [0.3, 0.4) is 0 Å². The third-order valence-corrected chi connectivity index (χ3v) is 5.13. The number of Topliss-reactive ketones (excluding diaryl/α,β-unsaturated/α-hetero) is 1. The first-order valence-electron chi connectivity index (χ1n) is 7.82. The van der Waals surface area contributed by atoms with Crippen molar-refractivity contribution in [2.45, 2.75) is 12.8 Å². The molecule has 0 aliphatic carbocycles. The maximum atomic E-state index is 12.3. The Bertz CT molecular complexity index is 603. The van der Waals surface area contributed by atoms with E-state index in [2.05, 4.69) is 17.0 Å². The second kappa shape index (κ2) is 7.61. The van der Waals surface area contributed by atoms with Gasteiger partial charge >= 0.3 is 0 Å². The van der Waals surface area contributed by atoms with Gasteiger partial charge in [-0.2, -0.15) is 0 Å². The average Bonchev–Trinajstić information content (AvgIpc) is 2.61. The molecule has 0 radical (unpaired) electrons. The molecule has 22 heavy (non-hydrogen) atoms. The van der Waals surface area contributed by atoms with E-state index in [1.807, 2.05) is 54.2 Å². The third kappa shape index (κ3) is 3.99. The molecule has 0 atom stereocenters. The van der Waals surface area contributed by atoms with Gasteiger partial charge in [0.1, 0.15) is 0 Å². The van der Waals surface area contributed by atoms with E-state index in [1.54, 1.807) is 0 Å². The molecule has 0 bridgehead atoms. The summed E-state index contributed by atoms with van der Waals surface area (Å²) < 4.78 is 0. The molecule has 0 aromatic heterocycles. The van der Waals surface area contributed by atoms with Gasteiger partial charge in [-0.15, -0.1) is 11.8 Å². The SMILES string of the molecule is O=C(CCN1CCCSC1)c1ccc(-c2ccccc2)cc1. The number of rotatable bonds is 5. The zero-order chi connectivity index (χ0) is 15.2. The van der Waals surface area contributed by atoms with Crippen molar-refractivity contribution in [2.75, 3.05) is 24.7 Å². The first kappa shape index (κ1) is 15.3. The fourth-order valence-corrected chi connectivity index (χ4v) is 3.69. The van der Waals surface area contributed by atoms with E-state index in [4.69, 9.17) is 0 Å². The highest BCUT2D eigenvalue weighted by atomic mass is 32.2. The van der Waals surface area contributed by atoms with E-state index in [0.29, 0.717) is 6.42 Å². The summed E-state index contributed by atoms with van der Waals surface area (Å²) in [5, 5.41) is 0. The summed E-state index contributed by atoms with van der Waals surface area (Å²) in [5.74, 6) is 2.57. The van der Waals surface area contributed by atoms with Crippen LogP contribution in [0.5, 0.6) is 0 Å². The Morgan fingerprint density at radius 3 is 2.41 bits per heavy atom. The van der Waals surface area contributed by atoms with E-state index in [0.717, 1.165) is 30.1 Å². The largest absolute Gasteiger partial charge is 0.294 e. The van der Waals surface area contributed by atoms with Crippen LogP contribution in [0, 0.1) is 0 Å². The highest BCUT2D eigenvalue weighted by Crippen LogP contribution is 2.20.